The van der Waals surface area contributed by atoms with Crippen LogP contribution in [0.3, 0.4) is 0 Å². The zero-order chi connectivity index (χ0) is 20.6. The van der Waals surface area contributed by atoms with Crippen molar-refractivity contribution in [2.75, 3.05) is 40.9 Å². The molecule has 27 heavy (non-hydrogen) atoms. The molecular weight excluding hydrogens is 346 g/mol. The highest BCUT2D eigenvalue weighted by molar-refractivity contribution is 5.79. The van der Waals surface area contributed by atoms with Crippen LogP contribution < -0.4 is 19.7 Å². The van der Waals surface area contributed by atoms with E-state index in [9.17, 15) is 9.59 Å². The standard InChI is InChI=1S/C20H33N3O4/c1-8-23(12-19(24)21-14(2)3)13-20(25)22(5)11-16-10-18(27-7)17(26-6)9-15(16)4/h9-10,14H,8,11-13H2,1-7H3,(H,21,24)/p+1. The molecule has 1 aromatic carbocycles. The topological polar surface area (TPSA) is 72.3 Å². The van der Waals surface area contributed by atoms with Gasteiger partial charge in [0.2, 0.25) is 0 Å². The minimum Gasteiger partial charge on any atom is -0.493 e. The van der Waals surface area contributed by atoms with E-state index in [-0.39, 0.29) is 24.4 Å². The van der Waals surface area contributed by atoms with Gasteiger partial charge in [-0.2, -0.15) is 0 Å². The lowest BCUT2D eigenvalue weighted by atomic mass is 10.1. The maximum absolute atomic E-state index is 12.6. The van der Waals surface area contributed by atoms with Gasteiger partial charge in [0, 0.05) is 19.6 Å². The molecule has 0 radical (unpaired) electrons. The first-order valence-corrected chi connectivity index (χ1v) is 9.30. The molecule has 7 nitrogen and oxygen atoms in total. The monoisotopic (exact) mass is 380 g/mol. The molecule has 1 unspecified atom stereocenters. The summed E-state index contributed by atoms with van der Waals surface area (Å²) < 4.78 is 10.7. The lowest BCUT2D eigenvalue weighted by Gasteiger charge is -2.23. The van der Waals surface area contributed by atoms with Crippen LogP contribution in [0.15, 0.2) is 12.1 Å². The summed E-state index contributed by atoms with van der Waals surface area (Å²) in [5, 5.41) is 2.87. The molecule has 0 saturated heterocycles. The van der Waals surface area contributed by atoms with E-state index >= 15 is 0 Å². The molecule has 0 fully saturated rings. The van der Waals surface area contributed by atoms with Gasteiger partial charge in [0.25, 0.3) is 11.8 Å². The maximum Gasteiger partial charge on any atom is 0.277 e. The van der Waals surface area contributed by atoms with Gasteiger partial charge in [0.05, 0.1) is 20.8 Å². The number of likely N-dealkylation sites (N-methyl/N-ethyl adjacent to an activating group) is 2. The number of ether oxygens (including phenoxy) is 2. The summed E-state index contributed by atoms with van der Waals surface area (Å²) in [6, 6.07) is 3.91. The summed E-state index contributed by atoms with van der Waals surface area (Å²) in [6.07, 6.45) is 0. The van der Waals surface area contributed by atoms with Crippen molar-refractivity contribution in [1.82, 2.24) is 10.2 Å². The third-order valence-electron chi connectivity index (χ3n) is 4.44. The highest BCUT2D eigenvalue weighted by atomic mass is 16.5. The Bertz CT molecular complexity index is 646. The van der Waals surface area contributed by atoms with Gasteiger partial charge in [0.1, 0.15) is 0 Å². The Kier molecular flexibility index (Phi) is 9.08. The zero-order valence-electron chi connectivity index (χ0n) is 17.6. The fourth-order valence-electron chi connectivity index (χ4n) is 2.80. The number of amides is 2. The second-order valence-electron chi connectivity index (χ2n) is 7.06. The molecule has 0 heterocycles. The van der Waals surface area contributed by atoms with E-state index in [2.05, 4.69) is 5.32 Å². The first-order chi connectivity index (χ1) is 12.7. The third kappa shape index (κ3) is 7.09. The number of rotatable bonds is 10. The number of nitrogens with zero attached hydrogens (tertiary/aromatic N) is 1. The van der Waals surface area contributed by atoms with E-state index in [1.807, 2.05) is 39.8 Å². The summed E-state index contributed by atoms with van der Waals surface area (Å²) in [5.74, 6) is 1.28. The van der Waals surface area contributed by atoms with E-state index in [0.717, 1.165) is 16.0 Å². The summed E-state index contributed by atoms with van der Waals surface area (Å²) in [6.45, 7) is 9.57. The van der Waals surface area contributed by atoms with Gasteiger partial charge in [-0.15, -0.1) is 0 Å². The van der Waals surface area contributed by atoms with Gasteiger partial charge in [0.15, 0.2) is 24.6 Å². The molecule has 2 N–H and O–H groups in total. The van der Waals surface area contributed by atoms with Crippen molar-refractivity contribution in [3.05, 3.63) is 23.3 Å². The number of hydrogen-bond donors (Lipinski definition) is 2. The van der Waals surface area contributed by atoms with Crippen molar-refractivity contribution in [3.63, 3.8) is 0 Å². The zero-order valence-corrected chi connectivity index (χ0v) is 17.6. The molecule has 2 amide bonds. The molecule has 0 aliphatic heterocycles. The molecule has 0 aliphatic carbocycles. The molecule has 1 rings (SSSR count). The van der Waals surface area contributed by atoms with Crippen molar-refractivity contribution < 1.29 is 24.0 Å². The first kappa shape index (κ1) is 22.8. The predicted molar refractivity (Wildman–Crippen MR) is 105 cm³/mol. The van der Waals surface area contributed by atoms with Gasteiger partial charge >= 0.3 is 0 Å². The van der Waals surface area contributed by atoms with E-state index in [4.69, 9.17) is 9.47 Å². The van der Waals surface area contributed by atoms with Crippen LogP contribution in [0.25, 0.3) is 0 Å². The van der Waals surface area contributed by atoms with E-state index in [1.165, 1.54) is 0 Å². The second-order valence-corrected chi connectivity index (χ2v) is 7.06. The first-order valence-electron chi connectivity index (χ1n) is 9.30. The molecule has 0 spiro atoms. The van der Waals surface area contributed by atoms with E-state index in [1.54, 1.807) is 26.2 Å². The van der Waals surface area contributed by atoms with Crippen LogP contribution in [0.5, 0.6) is 11.5 Å². The normalized spacial score (nSPS) is 11.9. The van der Waals surface area contributed by atoms with Gasteiger partial charge in [-0.1, -0.05) is 0 Å². The van der Waals surface area contributed by atoms with E-state index < -0.39 is 0 Å². The Hall–Kier alpha value is -2.28. The van der Waals surface area contributed by atoms with Crippen LogP contribution in [0, 0.1) is 6.92 Å². The van der Waals surface area contributed by atoms with Crippen LogP contribution in [-0.4, -0.2) is 63.7 Å². The summed E-state index contributed by atoms with van der Waals surface area (Å²) >= 11 is 0. The molecule has 152 valence electrons. The van der Waals surface area contributed by atoms with Crippen molar-refractivity contribution >= 4 is 11.8 Å². The fourth-order valence-corrected chi connectivity index (χ4v) is 2.80. The van der Waals surface area contributed by atoms with Crippen molar-refractivity contribution in [3.8, 4) is 11.5 Å². The van der Waals surface area contributed by atoms with Gasteiger partial charge < -0.3 is 24.6 Å². The lowest BCUT2D eigenvalue weighted by molar-refractivity contribution is -0.882. The Morgan fingerprint density at radius 1 is 1.15 bits per heavy atom. The minimum absolute atomic E-state index is 0.00150. The van der Waals surface area contributed by atoms with Gasteiger partial charge in [-0.3, -0.25) is 9.59 Å². The molecule has 7 heteroatoms. The van der Waals surface area contributed by atoms with Crippen LogP contribution in [0.1, 0.15) is 31.9 Å². The molecule has 1 aromatic rings. The van der Waals surface area contributed by atoms with Crippen molar-refractivity contribution in [2.45, 2.75) is 40.3 Å². The third-order valence-corrected chi connectivity index (χ3v) is 4.44. The van der Waals surface area contributed by atoms with Gasteiger partial charge in [-0.05, 0) is 51.0 Å². The fraction of sp³-hybridized carbons (Fsp3) is 0.600. The van der Waals surface area contributed by atoms with Gasteiger partial charge in [-0.25, -0.2) is 0 Å². The smallest absolute Gasteiger partial charge is 0.277 e. The number of carbonyl (C=O) groups excluding carboxylic acids is 2. The number of aryl methyl sites for hydroxylation is 1. The summed E-state index contributed by atoms with van der Waals surface area (Å²) in [5.41, 5.74) is 2.03. The van der Waals surface area contributed by atoms with Crippen LogP contribution in [-0.2, 0) is 16.1 Å². The Morgan fingerprint density at radius 2 is 1.74 bits per heavy atom. The molecule has 0 aliphatic rings. The molecule has 0 aromatic heterocycles. The SMILES string of the molecule is CC[NH+](CC(=O)NC(C)C)CC(=O)N(C)Cc1cc(OC)c(OC)cc1C. The van der Waals surface area contributed by atoms with Crippen molar-refractivity contribution in [1.29, 1.82) is 0 Å². The molecule has 0 saturated carbocycles. The van der Waals surface area contributed by atoms with Crippen LogP contribution in [0.2, 0.25) is 0 Å². The Balaban J connectivity index is 2.74. The highest BCUT2D eigenvalue weighted by Crippen LogP contribution is 2.30. The lowest BCUT2D eigenvalue weighted by Crippen LogP contribution is -3.14. The number of quaternary nitrogens is 1. The highest BCUT2D eigenvalue weighted by Gasteiger charge is 2.20. The number of methoxy groups -OCH3 is 2. The molecular formula is C20H34N3O4+. The Morgan fingerprint density at radius 3 is 2.26 bits per heavy atom. The largest absolute Gasteiger partial charge is 0.493 e. The average Bonchev–Trinajstić information content (AvgIpc) is 2.61. The molecule has 0 bridgehead atoms. The van der Waals surface area contributed by atoms with Crippen LogP contribution >= 0.6 is 0 Å². The molecule has 1 atom stereocenters. The number of nitrogens with one attached hydrogen (secondary N) is 2. The van der Waals surface area contributed by atoms with Crippen LogP contribution in [0.4, 0.5) is 0 Å². The number of benzene rings is 1. The van der Waals surface area contributed by atoms with E-state index in [0.29, 0.717) is 31.1 Å². The summed E-state index contributed by atoms with van der Waals surface area (Å²) in [4.78, 5) is 27.2. The second kappa shape index (κ2) is 10.8. The Labute approximate surface area is 162 Å². The quantitative estimate of drug-likeness (QED) is 0.616. The number of hydrogen-bond acceptors (Lipinski definition) is 4. The summed E-state index contributed by atoms with van der Waals surface area (Å²) in [7, 11) is 4.97. The number of carbonyl (C=O) groups is 2. The predicted octanol–water partition coefficient (Wildman–Crippen LogP) is 0.400. The average molecular weight is 381 g/mol. The van der Waals surface area contributed by atoms with Crippen molar-refractivity contribution in [2.24, 2.45) is 0 Å². The maximum atomic E-state index is 12.6. The minimum atomic E-state index is -0.0342.